The van der Waals surface area contributed by atoms with Gasteiger partial charge in [-0.05, 0) is 61.0 Å². The van der Waals surface area contributed by atoms with Gasteiger partial charge in [0.15, 0.2) is 0 Å². The van der Waals surface area contributed by atoms with E-state index in [9.17, 15) is 0 Å². The molecule has 0 bridgehead atoms. The molecule has 0 atom stereocenters. The van der Waals surface area contributed by atoms with Crippen molar-refractivity contribution in [3.8, 4) is 22.8 Å². The number of nitrogens with one attached hydrogen (secondary N) is 1. The van der Waals surface area contributed by atoms with E-state index in [0.717, 1.165) is 38.3 Å². The van der Waals surface area contributed by atoms with Gasteiger partial charge in [0.2, 0.25) is 5.13 Å². The zero-order chi connectivity index (χ0) is 17.6. The highest BCUT2D eigenvalue weighted by Gasteiger charge is 2.09. The Balaban J connectivity index is 0.00000243. The van der Waals surface area contributed by atoms with Crippen LogP contribution in [0.25, 0.3) is 11.3 Å². The number of hydrazone groups is 1. The van der Waals surface area contributed by atoms with Gasteiger partial charge in [0, 0.05) is 10.4 Å². The van der Waals surface area contributed by atoms with Gasteiger partial charge >= 0.3 is 0 Å². The second-order valence-electron chi connectivity index (χ2n) is 5.30. The van der Waals surface area contributed by atoms with Crippen molar-refractivity contribution in [2.24, 2.45) is 5.10 Å². The third-order valence-electron chi connectivity index (χ3n) is 3.65. The van der Waals surface area contributed by atoms with Crippen molar-refractivity contribution in [1.82, 2.24) is 4.98 Å². The Labute approximate surface area is 167 Å². The van der Waals surface area contributed by atoms with Gasteiger partial charge in [0.05, 0.1) is 26.1 Å². The van der Waals surface area contributed by atoms with Crippen molar-refractivity contribution in [3.05, 3.63) is 59.0 Å². The van der Waals surface area contributed by atoms with Crippen molar-refractivity contribution in [1.29, 1.82) is 0 Å². The number of ether oxygens (including phenoxy) is 2. The highest BCUT2D eigenvalue weighted by molar-refractivity contribution is 8.93. The second-order valence-corrected chi connectivity index (χ2v) is 6.50. The van der Waals surface area contributed by atoms with Crippen LogP contribution in [-0.4, -0.2) is 25.4 Å². The Kier molecular flexibility index (Phi) is 7.17. The first-order valence-electron chi connectivity index (χ1n) is 7.74. The SMILES string of the molecule is Br.COc1ccc(C=NNc2nc(-c3ccc(OC)cc3)c(C)s2)cc1. The maximum absolute atomic E-state index is 5.19. The van der Waals surface area contributed by atoms with Crippen LogP contribution < -0.4 is 14.9 Å². The molecule has 0 aliphatic rings. The molecule has 2 aromatic carbocycles. The Morgan fingerprint density at radius 1 is 0.962 bits per heavy atom. The summed E-state index contributed by atoms with van der Waals surface area (Å²) in [5, 5.41) is 5.01. The maximum atomic E-state index is 5.19. The number of anilines is 1. The molecule has 5 nitrogen and oxygen atoms in total. The quantitative estimate of drug-likeness (QED) is 0.430. The van der Waals surface area contributed by atoms with Crippen molar-refractivity contribution in [3.63, 3.8) is 0 Å². The fourth-order valence-corrected chi connectivity index (χ4v) is 3.10. The van der Waals surface area contributed by atoms with Crippen LogP contribution in [0.1, 0.15) is 10.4 Å². The molecule has 3 rings (SSSR count). The average Bonchev–Trinajstić information content (AvgIpc) is 3.03. The lowest BCUT2D eigenvalue weighted by Crippen LogP contribution is -1.90. The Hall–Kier alpha value is -2.38. The van der Waals surface area contributed by atoms with Crippen LogP contribution in [0.4, 0.5) is 5.13 Å². The van der Waals surface area contributed by atoms with Crippen molar-refractivity contribution in [2.75, 3.05) is 19.6 Å². The minimum atomic E-state index is 0. The molecule has 0 spiro atoms. The molecule has 1 N–H and O–H groups in total. The number of aryl methyl sites for hydroxylation is 1. The minimum Gasteiger partial charge on any atom is -0.497 e. The molecule has 0 saturated heterocycles. The van der Waals surface area contributed by atoms with Gasteiger partial charge in [-0.1, -0.05) is 0 Å². The van der Waals surface area contributed by atoms with Crippen LogP contribution in [0, 0.1) is 6.92 Å². The molecule has 0 aliphatic heterocycles. The normalized spacial score (nSPS) is 10.4. The van der Waals surface area contributed by atoms with E-state index < -0.39 is 0 Å². The smallest absolute Gasteiger partial charge is 0.204 e. The van der Waals surface area contributed by atoms with Crippen LogP contribution in [0.5, 0.6) is 11.5 Å². The molecule has 3 aromatic rings. The number of aromatic nitrogens is 1. The maximum Gasteiger partial charge on any atom is 0.204 e. The monoisotopic (exact) mass is 433 g/mol. The summed E-state index contributed by atoms with van der Waals surface area (Å²) < 4.78 is 10.3. The number of methoxy groups -OCH3 is 2. The third kappa shape index (κ3) is 4.83. The van der Waals surface area contributed by atoms with Gasteiger partial charge in [-0.25, -0.2) is 4.98 Å². The van der Waals surface area contributed by atoms with E-state index in [2.05, 4.69) is 22.4 Å². The van der Waals surface area contributed by atoms with Gasteiger partial charge in [-0.15, -0.1) is 28.3 Å². The number of halogens is 1. The molecule has 0 aliphatic carbocycles. The first kappa shape index (κ1) is 19.9. The number of benzene rings is 2. The van der Waals surface area contributed by atoms with Crippen molar-refractivity contribution < 1.29 is 9.47 Å². The number of thiazole rings is 1. The van der Waals surface area contributed by atoms with Crippen LogP contribution in [0.2, 0.25) is 0 Å². The summed E-state index contributed by atoms with van der Waals surface area (Å²) in [4.78, 5) is 5.76. The van der Waals surface area contributed by atoms with E-state index >= 15 is 0 Å². The fourth-order valence-electron chi connectivity index (χ4n) is 2.31. The lowest BCUT2D eigenvalue weighted by atomic mass is 10.1. The van der Waals surface area contributed by atoms with E-state index in [1.807, 2.05) is 48.5 Å². The number of rotatable bonds is 6. The molecule has 0 amide bonds. The standard InChI is InChI=1S/C19H19N3O2S.BrH/c1-13-18(15-6-10-17(24-3)11-7-15)21-19(25-13)22-20-12-14-4-8-16(23-2)9-5-14;/h4-12H,1-3H3,(H,21,22);1H. The first-order chi connectivity index (χ1) is 12.2. The van der Waals surface area contributed by atoms with E-state index in [0.29, 0.717) is 0 Å². The molecule has 1 heterocycles. The van der Waals surface area contributed by atoms with E-state index in [4.69, 9.17) is 9.47 Å². The largest absolute Gasteiger partial charge is 0.497 e. The molecule has 1 aromatic heterocycles. The van der Waals surface area contributed by atoms with Gasteiger partial charge in [-0.2, -0.15) is 5.10 Å². The van der Waals surface area contributed by atoms with Crippen LogP contribution in [0.15, 0.2) is 53.6 Å². The summed E-state index contributed by atoms with van der Waals surface area (Å²) in [5.74, 6) is 1.66. The molecule has 7 heteroatoms. The summed E-state index contributed by atoms with van der Waals surface area (Å²) in [6.45, 7) is 2.05. The molecule has 0 fully saturated rings. The van der Waals surface area contributed by atoms with E-state index in [1.165, 1.54) is 0 Å². The zero-order valence-corrected chi connectivity index (χ0v) is 17.3. The summed E-state index contributed by atoms with van der Waals surface area (Å²) in [7, 11) is 3.31. The summed E-state index contributed by atoms with van der Waals surface area (Å²) >= 11 is 1.57. The van der Waals surface area contributed by atoms with Crippen molar-refractivity contribution >= 4 is 39.7 Å². The average molecular weight is 434 g/mol. The number of hydrogen-bond acceptors (Lipinski definition) is 6. The van der Waals surface area contributed by atoms with Crippen molar-refractivity contribution in [2.45, 2.75) is 6.92 Å². The predicted octanol–water partition coefficient (Wildman–Crippen LogP) is 5.16. The highest BCUT2D eigenvalue weighted by Crippen LogP contribution is 2.31. The van der Waals surface area contributed by atoms with Gasteiger partial charge in [0.1, 0.15) is 11.5 Å². The van der Waals surface area contributed by atoms with Gasteiger partial charge < -0.3 is 9.47 Å². The molecule has 0 radical (unpaired) electrons. The van der Waals surface area contributed by atoms with Crippen LogP contribution in [0.3, 0.4) is 0 Å². The molecular formula is C19H20BrN3O2S. The first-order valence-corrected chi connectivity index (χ1v) is 8.56. The third-order valence-corrected chi connectivity index (χ3v) is 4.53. The lowest BCUT2D eigenvalue weighted by molar-refractivity contribution is 0.414. The summed E-state index contributed by atoms with van der Waals surface area (Å²) in [6, 6.07) is 15.6. The fraction of sp³-hybridized carbons (Fsp3) is 0.158. The second kappa shape index (κ2) is 9.35. The van der Waals surface area contributed by atoms with Crippen LogP contribution >= 0.6 is 28.3 Å². The van der Waals surface area contributed by atoms with Gasteiger partial charge in [-0.3, -0.25) is 5.43 Å². The predicted molar refractivity (Wildman–Crippen MR) is 113 cm³/mol. The molecule has 26 heavy (non-hydrogen) atoms. The van der Waals surface area contributed by atoms with E-state index in [1.54, 1.807) is 31.8 Å². The number of hydrogen-bond donors (Lipinski definition) is 1. The van der Waals surface area contributed by atoms with E-state index in [-0.39, 0.29) is 17.0 Å². The summed E-state index contributed by atoms with van der Waals surface area (Å²) in [6.07, 6.45) is 1.75. The molecular weight excluding hydrogens is 414 g/mol. The molecule has 136 valence electrons. The zero-order valence-electron chi connectivity index (χ0n) is 14.7. The Bertz CT molecular complexity index is 861. The molecule has 0 unspecified atom stereocenters. The highest BCUT2D eigenvalue weighted by atomic mass is 79.9. The Morgan fingerprint density at radius 3 is 2.12 bits per heavy atom. The lowest BCUT2D eigenvalue weighted by Gasteiger charge is -2.01. The van der Waals surface area contributed by atoms with Crippen LogP contribution in [-0.2, 0) is 0 Å². The Morgan fingerprint density at radius 2 is 1.54 bits per heavy atom. The molecule has 0 saturated carbocycles. The number of nitrogens with zero attached hydrogens (tertiary/aromatic N) is 2. The topological polar surface area (TPSA) is 55.7 Å². The summed E-state index contributed by atoms with van der Waals surface area (Å²) in [5.41, 5.74) is 5.99. The van der Waals surface area contributed by atoms with Gasteiger partial charge in [0.25, 0.3) is 0 Å². The minimum absolute atomic E-state index is 0.